The molecule has 2 N–H and O–H groups in total. The van der Waals surface area contributed by atoms with E-state index in [1.54, 1.807) is 25.8 Å². The van der Waals surface area contributed by atoms with Gasteiger partial charge in [-0.2, -0.15) is 0 Å². The van der Waals surface area contributed by atoms with Crippen molar-refractivity contribution < 1.29 is 19.5 Å². The van der Waals surface area contributed by atoms with Gasteiger partial charge < -0.3 is 20.2 Å². The second-order valence-corrected chi connectivity index (χ2v) is 6.18. The van der Waals surface area contributed by atoms with Crippen LogP contribution in [0.25, 0.3) is 0 Å². The van der Waals surface area contributed by atoms with E-state index in [0.29, 0.717) is 25.9 Å². The predicted molar refractivity (Wildman–Crippen MR) is 71.1 cm³/mol. The number of rotatable bonds is 3. The first-order valence-electron chi connectivity index (χ1n) is 6.75. The molecule has 1 aliphatic heterocycles. The van der Waals surface area contributed by atoms with Crippen molar-refractivity contribution in [3.8, 4) is 0 Å². The van der Waals surface area contributed by atoms with Crippen LogP contribution in [0.15, 0.2) is 0 Å². The molecule has 0 radical (unpaired) electrons. The third-order valence-electron chi connectivity index (χ3n) is 4.33. The molecule has 7 heteroatoms. The van der Waals surface area contributed by atoms with Crippen LogP contribution in [0.3, 0.4) is 0 Å². The summed E-state index contributed by atoms with van der Waals surface area (Å²) in [5, 5.41) is 11.7. The Kier molecular flexibility index (Phi) is 3.39. The van der Waals surface area contributed by atoms with E-state index in [9.17, 15) is 14.4 Å². The molecule has 1 saturated carbocycles. The number of piperazine rings is 1. The highest BCUT2D eigenvalue weighted by Crippen LogP contribution is 2.45. The molecule has 20 heavy (non-hydrogen) atoms. The number of urea groups is 1. The molecule has 2 aliphatic rings. The number of aliphatic carboxylic acids is 1. The highest BCUT2D eigenvalue weighted by molar-refractivity contribution is 5.91. The van der Waals surface area contributed by atoms with Gasteiger partial charge >= 0.3 is 12.0 Å². The SMILES string of the molecule is CN1CCN(C(=O)NCC2(C(=O)O)CC2)C(C)(C)C1=O. The van der Waals surface area contributed by atoms with E-state index < -0.39 is 16.9 Å². The van der Waals surface area contributed by atoms with Crippen LogP contribution in [-0.2, 0) is 9.59 Å². The Morgan fingerprint density at radius 2 is 1.90 bits per heavy atom. The lowest BCUT2D eigenvalue weighted by Gasteiger charge is -2.44. The van der Waals surface area contributed by atoms with Gasteiger partial charge in [0.1, 0.15) is 5.54 Å². The minimum atomic E-state index is -0.906. The molecule has 0 aromatic rings. The number of hydrogen-bond donors (Lipinski definition) is 2. The lowest BCUT2D eigenvalue weighted by atomic mass is 9.98. The van der Waals surface area contributed by atoms with Crippen LogP contribution in [0, 0.1) is 5.41 Å². The second kappa shape index (κ2) is 4.64. The van der Waals surface area contributed by atoms with Crippen LogP contribution < -0.4 is 5.32 Å². The van der Waals surface area contributed by atoms with Gasteiger partial charge in [0.15, 0.2) is 0 Å². The molecule has 0 spiro atoms. The summed E-state index contributed by atoms with van der Waals surface area (Å²) < 4.78 is 0. The van der Waals surface area contributed by atoms with Crippen LogP contribution in [0.1, 0.15) is 26.7 Å². The molecule has 3 amide bonds. The largest absolute Gasteiger partial charge is 0.481 e. The molecule has 0 aromatic heterocycles. The van der Waals surface area contributed by atoms with Crippen molar-refractivity contribution >= 4 is 17.9 Å². The van der Waals surface area contributed by atoms with E-state index in [4.69, 9.17) is 5.11 Å². The zero-order valence-electron chi connectivity index (χ0n) is 12.1. The minimum absolute atomic E-state index is 0.113. The third-order valence-corrected chi connectivity index (χ3v) is 4.33. The Bertz CT molecular complexity index is 457. The van der Waals surface area contributed by atoms with Gasteiger partial charge in [0.05, 0.1) is 5.41 Å². The first-order valence-corrected chi connectivity index (χ1v) is 6.75. The number of hydrogen-bond acceptors (Lipinski definition) is 3. The lowest BCUT2D eigenvalue weighted by Crippen LogP contribution is -2.65. The quantitative estimate of drug-likeness (QED) is 0.769. The highest BCUT2D eigenvalue weighted by Gasteiger charge is 2.51. The second-order valence-electron chi connectivity index (χ2n) is 6.18. The first-order chi connectivity index (χ1) is 9.20. The van der Waals surface area contributed by atoms with Gasteiger partial charge in [0.25, 0.3) is 0 Å². The van der Waals surface area contributed by atoms with Crippen molar-refractivity contribution in [3.63, 3.8) is 0 Å². The monoisotopic (exact) mass is 283 g/mol. The van der Waals surface area contributed by atoms with Gasteiger partial charge in [-0.05, 0) is 26.7 Å². The predicted octanol–water partition coefficient (Wildman–Crippen LogP) is 0.113. The molecule has 1 saturated heterocycles. The molecular weight excluding hydrogens is 262 g/mol. The molecule has 0 unspecified atom stereocenters. The number of carbonyl (C=O) groups excluding carboxylic acids is 2. The van der Waals surface area contributed by atoms with Crippen molar-refractivity contribution in [2.45, 2.75) is 32.2 Å². The standard InChI is InChI=1S/C13H21N3O4/c1-12(2)9(17)15(3)6-7-16(12)11(20)14-8-13(4-5-13)10(18)19/h4-8H2,1-3H3,(H,14,20)(H,18,19). The smallest absolute Gasteiger partial charge is 0.318 e. The Labute approximate surface area is 117 Å². The van der Waals surface area contributed by atoms with Crippen molar-refractivity contribution in [2.24, 2.45) is 5.41 Å². The van der Waals surface area contributed by atoms with Crippen LogP contribution >= 0.6 is 0 Å². The maximum Gasteiger partial charge on any atom is 0.318 e. The molecule has 1 aliphatic carbocycles. The normalized spacial score (nSPS) is 23.4. The summed E-state index contributed by atoms with van der Waals surface area (Å²) in [4.78, 5) is 38.5. The fraction of sp³-hybridized carbons (Fsp3) is 0.769. The molecule has 0 aromatic carbocycles. The van der Waals surface area contributed by atoms with E-state index >= 15 is 0 Å². The van der Waals surface area contributed by atoms with Crippen LogP contribution in [-0.4, -0.2) is 65.0 Å². The van der Waals surface area contributed by atoms with Gasteiger partial charge in [0.2, 0.25) is 5.91 Å². The van der Waals surface area contributed by atoms with Crippen molar-refractivity contribution in [3.05, 3.63) is 0 Å². The highest BCUT2D eigenvalue weighted by atomic mass is 16.4. The van der Waals surface area contributed by atoms with E-state index in [0.717, 1.165) is 0 Å². The number of nitrogens with one attached hydrogen (secondary N) is 1. The van der Waals surface area contributed by atoms with Crippen LogP contribution in [0.5, 0.6) is 0 Å². The number of carboxylic acids is 1. The van der Waals surface area contributed by atoms with Crippen LogP contribution in [0.2, 0.25) is 0 Å². The molecule has 7 nitrogen and oxygen atoms in total. The molecule has 112 valence electrons. The van der Waals surface area contributed by atoms with E-state index in [1.165, 1.54) is 4.90 Å². The number of carboxylic acid groups (broad SMARTS) is 1. The summed E-state index contributed by atoms with van der Waals surface area (Å²) in [6, 6.07) is -0.371. The fourth-order valence-electron chi connectivity index (χ4n) is 2.53. The average molecular weight is 283 g/mol. The van der Waals surface area contributed by atoms with Gasteiger partial charge in [-0.15, -0.1) is 0 Å². The van der Waals surface area contributed by atoms with Gasteiger partial charge in [-0.25, -0.2) is 4.79 Å². The van der Waals surface area contributed by atoms with Gasteiger partial charge in [-0.1, -0.05) is 0 Å². The average Bonchev–Trinajstić information content (AvgIpc) is 3.14. The number of carbonyl (C=O) groups is 3. The number of amides is 3. The topological polar surface area (TPSA) is 89.9 Å². The molecule has 2 rings (SSSR count). The lowest BCUT2D eigenvalue weighted by molar-refractivity contribution is -0.145. The van der Waals surface area contributed by atoms with E-state index in [-0.39, 0.29) is 18.5 Å². The summed E-state index contributed by atoms with van der Waals surface area (Å²) in [5.41, 5.74) is -1.70. The summed E-state index contributed by atoms with van der Waals surface area (Å²) in [7, 11) is 1.71. The molecule has 0 bridgehead atoms. The molecular formula is C13H21N3O4. The summed E-state index contributed by atoms with van der Waals surface area (Å²) >= 11 is 0. The van der Waals surface area contributed by atoms with Gasteiger partial charge in [0, 0.05) is 26.7 Å². The maximum atomic E-state index is 12.2. The van der Waals surface area contributed by atoms with Gasteiger partial charge in [-0.3, -0.25) is 9.59 Å². The minimum Gasteiger partial charge on any atom is -0.481 e. The number of likely N-dealkylation sites (N-methyl/N-ethyl adjacent to an activating group) is 1. The van der Waals surface area contributed by atoms with Crippen molar-refractivity contribution in [1.29, 1.82) is 0 Å². The Morgan fingerprint density at radius 3 is 2.40 bits per heavy atom. The Balaban J connectivity index is 1.99. The summed E-state index contributed by atoms with van der Waals surface area (Å²) in [6.45, 7) is 4.46. The maximum absolute atomic E-state index is 12.2. The Morgan fingerprint density at radius 1 is 1.30 bits per heavy atom. The van der Waals surface area contributed by atoms with Crippen LogP contribution in [0.4, 0.5) is 4.79 Å². The number of nitrogens with zero attached hydrogens (tertiary/aromatic N) is 2. The molecule has 1 heterocycles. The summed E-state index contributed by atoms with van der Waals surface area (Å²) in [5.74, 6) is -0.982. The Hall–Kier alpha value is -1.79. The third kappa shape index (κ3) is 2.32. The zero-order chi connectivity index (χ0) is 15.1. The van der Waals surface area contributed by atoms with E-state index in [1.807, 2.05) is 0 Å². The van der Waals surface area contributed by atoms with Crippen molar-refractivity contribution in [1.82, 2.24) is 15.1 Å². The first kappa shape index (κ1) is 14.6. The summed E-state index contributed by atoms with van der Waals surface area (Å²) in [6.07, 6.45) is 1.18. The molecule has 0 atom stereocenters. The van der Waals surface area contributed by atoms with Crippen molar-refractivity contribution in [2.75, 3.05) is 26.7 Å². The zero-order valence-corrected chi connectivity index (χ0v) is 12.1. The fourth-order valence-corrected chi connectivity index (χ4v) is 2.53. The molecule has 2 fully saturated rings. The van der Waals surface area contributed by atoms with E-state index in [2.05, 4.69) is 5.32 Å².